The summed E-state index contributed by atoms with van der Waals surface area (Å²) in [5.41, 5.74) is 1.03. The van der Waals surface area contributed by atoms with Gasteiger partial charge < -0.3 is 4.79 Å². The van der Waals surface area contributed by atoms with Gasteiger partial charge in [0, 0.05) is 11.4 Å². The zero-order valence-electron chi connectivity index (χ0n) is 7.31. The molecule has 0 aliphatic heterocycles. The van der Waals surface area contributed by atoms with Crippen LogP contribution in [0.4, 0.5) is 4.39 Å². The van der Waals surface area contributed by atoms with E-state index in [1.165, 1.54) is 0 Å². The van der Waals surface area contributed by atoms with Crippen molar-refractivity contribution in [2.75, 3.05) is 0 Å². The number of halogens is 2. The van der Waals surface area contributed by atoms with Crippen molar-refractivity contribution in [1.29, 1.82) is 0 Å². The van der Waals surface area contributed by atoms with Crippen LogP contribution in [0.2, 0.25) is 5.02 Å². The summed E-state index contributed by atoms with van der Waals surface area (Å²) in [6.07, 6.45) is 1.52. The first-order valence-corrected chi connectivity index (χ1v) is 4.41. The van der Waals surface area contributed by atoms with Crippen LogP contribution in [0.5, 0.6) is 0 Å². The Morgan fingerprint density at radius 2 is 2.23 bits per heavy atom. The molecule has 0 amide bonds. The molecule has 0 saturated heterocycles. The molecule has 0 saturated carbocycles. The van der Waals surface area contributed by atoms with Gasteiger partial charge in [-0.15, -0.1) is 0 Å². The summed E-state index contributed by atoms with van der Waals surface area (Å²) in [4.78, 5) is 10.1. The van der Waals surface area contributed by atoms with Crippen molar-refractivity contribution in [3.8, 4) is 0 Å². The molecular weight excluding hydrogens is 191 g/mol. The zero-order chi connectivity index (χ0) is 9.84. The SMILES string of the molecule is Cc1cc(Cl)cc(CCC=O)c1F. The number of rotatable bonds is 3. The molecule has 0 spiro atoms. The minimum Gasteiger partial charge on any atom is -0.303 e. The standard InChI is InChI=1S/C10H10ClFO/c1-7-5-9(11)6-8(10(7)12)3-2-4-13/h4-6H,2-3H2,1H3. The van der Waals surface area contributed by atoms with Gasteiger partial charge in [0.25, 0.3) is 0 Å². The Kier molecular flexibility index (Phi) is 3.43. The van der Waals surface area contributed by atoms with E-state index in [0.717, 1.165) is 6.29 Å². The Bertz CT molecular complexity index is 323. The maximum Gasteiger partial charge on any atom is 0.129 e. The van der Waals surface area contributed by atoms with Gasteiger partial charge in [0.15, 0.2) is 0 Å². The van der Waals surface area contributed by atoms with Gasteiger partial charge in [-0.05, 0) is 36.6 Å². The number of aryl methyl sites for hydroxylation is 2. The summed E-state index contributed by atoms with van der Waals surface area (Å²) in [6, 6.07) is 3.13. The largest absolute Gasteiger partial charge is 0.303 e. The van der Waals surface area contributed by atoms with E-state index >= 15 is 0 Å². The molecular formula is C10H10ClFO. The summed E-state index contributed by atoms with van der Waals surface area (Å²) in [7, 11) is 0. The van der Waals surface area contributed by atoms with E-state index in [0.29, 0.717) is 29.0 Å². The molecule has 1 rings (SSSR count). The van der Waals surface area contributed by atoms with Crippen molar-refractivity contribution in [3.63, 3.8) is 0 Å². The summed E-state index contributed by atoms with van der Waals surface area (Å²) >= 11 is 5.75. The fourth-order valence-electron chi connectivity index (χ4n) is 1.19. The lowest BCUT2D eigenvalue weighted by Crippen LogP contribution is -1.94. The van der Waals surface area contributed by atoms with E-state index in [2.05, 4.69) is 0 Å². The van der Waals surface area contributed by atoms with Crippen LogP contribution in [-0.4, -0.2) is 6.29 Å². The van der Waals surface area contributed by atoms with Crippen LogP contribution in [0.25, 0.3) is 0 Å². The minimum atomic E-state index is -0.258. The predicted octanol–water partition coefficient (Wildman–Crippen LogP) is 2.92. The third kappa shape index (κ3) is 2.52. The third-order valence-electron chi connectivity index (χ3n) is 1.83. The van der Waals surface area contributed by atoms with Gasteiger partial charge in [0.2, 0.25) is 0 Å². The summed E-state index contributed by atoms with van der Waals surface area (Å²) in [5.74, 6) is -0.258. The van der Waals surface area contributed by atoms with E-state index in [4.69, 9.17) is 11.6 Å². The smallest absolute Gasteiger partial charge is 0.129 e. The summed E-state index contributed by atoms with van der Waals surface area (Å²) < 4.78 is 13.3. The number of carbonyl (C=O) groups excluding carboxylic acids is 1. The molecule has 70 valence electrons. The van der Waals surface area contributed by atoms with E-state index in [1.54, 1.807) is 19.1 Å². The van der Waals surface area contributed by atoms with Crippen LogP contribution in [0.15, 0.2) is 12.1 Å². The molecule has 3 heteroatoms. The second-order valence-electron chi connectivity index (χ2n) is 2.90. The van der Waals surface area contributed by atoms with Crippen molar-refractivity contribution in [2.45, 2.75) is 19.8 Å². The van der Waals surface area contributed by atoms with Gasteiger partial charge in [0.05, 0.1) is 0 Å². The molecule has 1 aromatic rings. The average molecular weight is 201 g/mol. The third-order valence-corrected chi connectivity index (χ3v) is 2.04. The number of hydrogen-bond acceptors (Lipinski definition) is 1. The van der Waals surface area contributed by atoms with Crippen LogP contribution in [-0.2, 0) is 11.2 Å². The monoisotopic (exact) mass is 200 g/mol. The van der Waals surface area contributed by atoms with Gasteiger partial charge in [-0.2, -0.15) is 0 Å². The van der Waals surface area contributed by atoms with Gasteiger partial charge >= 0.3 is 0 Å². The van der Waals surface area contributed by atoms with Crippen LogP contribution < -0.4 is 0 Å². The molecule has 1 aromatic carbocycles. The maximum absolute atomic E-state index is 13.3. The second-order valence-corrected chi connectivity index (χ2v) is 3.34. The molecule has 1 nitrogen and oxygen atoms in total. The number of aldehydes is 1. The maximum atomic E-state index is 13.3. The number of benzene rings is 1. The molecule has 0 aliphatic carbocycles. The lowest BCUT2D eigenvalue weighted by molar-refractivity contribution is -0.107. The molecule has 0 heterocycles. The Balaban J connectivity index is 2.98. The highest BCUT2D eigenvalue weighted by Crippen LogP contribution is 2.20. The molecule has 0 bridgehead atoms. The molecule has 0 fully saturated rings. The van der Waals surface area contributed by atoms with Crippen LogP contribution in [0.1, 0.15) is 17.5 Å². The molecule has 0 aliphatic rings. The zero-order valence-corrected chi connectivity index (χ0v) is 8.07. The van der Waals surface area contributed by atoms with E-state index in [1.807, 2.05) is 0 Å². The van der Waals surface area contributed by atoms with Crippen molar-refractivity contribution in [2.24, 2.45) is 0 Å². The first kappa shape index (κ1) is 10.2. The first-order valence-electron chi connectivity index (χ1n) is 4.03. The Morgan fingerprint density at radius 3 is 2.85 bits per heavy atom. The van der Waals surface area contributed by atoms with E-state index in [9.17, 15) is 9.18 Å². The van der Waals surface area contributed by atoms with Crippen molar-refractivity contribution in [1.82, 2.24) is 0 Å². The Labute approximate surface area is 81.5 Å². The minimum absolute atomic E-state index is 0.258. The van der Waals surface area contributed by atoms with Gasteiger partial charge in [0.1, 0.15) is 12.1 Å². The normalized spacial score (nSPS) is 10.1. The summed E-state index contributed by atoms with van der Waals surface area (Å²) in [6.45, 7) is 1.66. The van der Waals surface area contributed by atoms with E-state index < -0.39 is 0 Å². The first-order chi connectivity index (χ1) is 6.15. The van der Waals surface area contributed by atoms with Gasteiger partial charge in [-0.25, -0.2) is 4.39 Å². The molecule has 0 unspecified atom stereocenters. The second kappa shape index (κ2) is 4.38. The average Bonchev–Trinajstić information content (AvgIpc) is 2.09. The molecule has 0 N–H and O–H groups in total. The lowest BCUT2D eigenvalue weighted by atomic mass is 10.1. The predicted molar refractivity (Wildman–Crippen MR) is 50.5 cm³/mol. The highest BCUT2D eigenvalue weighted by Gasteiger charge is 2.06. The molecule has 0 atom stereocenters. The van der Waals surface area contributed by atoms with Crippen LogP contribution in [0.3, 0.4) is 0 Å². The van der Waals surface area contributed by atoms with Crippen molar-refractivity contribution in [3.05, 3.63) is 34.1 Å². The highest BCUT2D eigenvalue weighted by molar-refractivity contribution is 6.30. The van der Waals surface area contributed by atoms with Crippen LogP contribution >= 0.6 is 11.6 Å². The number of carbonyl (C=O) groups is 1. The van der Waals surface area contributed by atoms with E-state index in [-0.39, 0.29) is 5.82 Å². The van der Waals surface area contributed by atoms with Crippen LogP contribution in [0, 0.1) is 12.7 Å². The Morgan fingerprint density at radius 1 is 1.54 bits per heavy atom. The fraction of sp³-hybridized carbons (Fsp3) is 0.300. The van der Waals surface area contributed by atoms with Crippen molar-refractivity contribution >= 4 is 17.9 Å². The molecule has 13 heavy (non-hydrogen) atoms. The highest BCUT2D eigenvalue weighted by atomic mass is 35.5. The topological polar surface area (TPSA) is 17.1 Å². The quantitative estimate of drug-likeness (QED) is 0.686. The number of hydrogen-bond donors (Lipinski definition) is 0. The lowest BCUT2D eigenvalue weighted by Gasteiger charge is -2.04. The molecule has 0 aromatic heterocycles. The van der Waals surface area contributed by atoms with Gasteiger partial charge in [-0.3, -0.25) is 0 Å². The van der Waals surface area contributed by atoms with Crippen molar-refractivity contribution < 1.29 is 9.18 Å². The Hall–Kier alpha value is -0.890. The van der Waals surface area contributed by atoms with Gasteiger partial charge in [-0.1, -0.05) is 11.6 Å². The summed E-state index contributed by atoms with van der Waals surface area (Å²) in [5, 5.41) is 0.514. The molecule has 0 radical (unpaired) electrons. The fourth-order valence-corrected chi connectivity index (χ4v) is 1.49.